The third-order valence-corrected chi connectivity index (χ3v) is 5.81. The summed E-state index contributed by atoms with van der Waals surface area (Å²) < 4.78 is 12.9. The summed E-state index contributed by atoms with van der Waals surface area (Å²) in [5.74, 6) is 3.15. The van der Waals surface area contributed by atoms with Crippen LogP contribution in [-0.2, 0) is 15.6 Å². The fourth-order valence-electron chi connectivity index (χ4n) is 2.46. The van der Waals surface area contributed by atoms with Crippen molar-refractivity contribution < 1.29 is 13.9 Å². The number of hydrogen-bond acceptors (Lipinski definition) is 4. The molecule has 0 aliphatic carbocycles. The zero-order chi connectivity index (χ0) is 18.2. The molecule has 0 spiro atoms. The van der Waals surface area contributed by atoms with Gasteiger partial charge in [0.2, 0.25) is 0 Å². The van der Waals surface area contributed by atoms with Crippen LogP contribution in [0.25, 0.3) is 0 Å². The highest BCUT2D eigenvalue weighted by molar-refractivity contribution is 7.56. The van der Waals surface area contributed by atoms with Crippen LogP contribution in [0.3, 0.4) is 0 Å². The van der Waals surface area contributed by atoms with Gasteiger partial charge >= 0.3 is 8.09 Å². The van der Waals surface area contributed by atoms with Crippen LogP contribution in [0.5, 0.6) is 0 Å². The lowest BCUT2D eigenvalue weighted by Gasteiger charge is -2.40. The maximum Gasteiger partial charge on any atom is 0.345 e. The molecule has 1 saturated heterocycles. The molecule has 4 nitrogen and oxygen atoms in total. The summed E-state index contributed by atoms with van der Waals surface area (Å²) in [6.07, 6.45) is 5.49. The summed E-state index contributed by atoms with van der Waals surface area (Å²) in [6.45, 7) is 7.52. The van der Waals surface area contributed by atoms with Crippen LogP contribution in [0.1, 0.15) is 58.4 Å². The van der Waals surface area contributed by atoms with Crippen molar-refractivity contribution in [3.63, 3.8) is 0 Å². The van der Waals surface area contributed by atoms with E-state index in [2.05, 4.69) is 18.9 Å². The Kier molecular flexibility index (Phi) is 7.72. The van der Waals surface area contributed by atoms with Crippen LogP contribution >= 0.6 is 8.09 Å². The maximum absolute atomic E-state index is 13.2. The van der Waals surface area contributed by atoms with Gasteiger partial charge in [-0.2, -0.15) is 13.7 Å². The van der Waals surface area contributed by atoms with Gasteiger partial charge in [0, 0.05) is 17.9 Å². The molecule has 1 aromatic rings. The van der Waals surface area contributed by atoms with Gasteiger partial charge in [-0.05, 0) is 12.0 Å². The van der Waals surface area contributed by atoms with Crippen molar-refractivity contribution in [1.82, 2.24) is 4.67 Å². The summed E-state index contributed by atoms with van der Waals surface area (Å²) in [5, 5.41) is 0. The number of rotatable bonds is 7. The van der Waals surface area contributed by atoms with E-state index in [0.29, 0.717) is 19.8 Å². The summed E-state index contributed by atoms with van der Waals surface area (Å²) >= 11 is 0. The first-order valence-electron chi connectivity index (χ1n) is 9.15. The highest BCUT2D eigenvalue weighted by Gasteiger charge is 2.46. The van der Waals surface area contributed by atoms with E-state index in [1.54, 1.807) is 4.67 Å². The minimum Gasteiger partial charge on any atom is -0.611 e. The Balaban J connectivity index is 2.05. The van der Waals surface area contributed by atoms with E-state index in [1.807, 2.05) is 44.2 Å². The van der Waals surface area contributed by atoms with Crippen molar-refractivity contribution in [2.45, 2.75) is 59.4 Å². The largest absolute Gasteiger partial charge is 0.611 e. The SMILES string of the molecule is CCCCCCC#CN(Cc1ccccc1)[P+]1([O-])OCC(C)(C)CO1. The molecule has 0 unspecified atom stereocenters. The van der Waals surface area contributed by atoms with Crippen LogP contribution < -0.4 is 4.89 Å². The number of nitrogens with zero attached hydrogens (tertiary/aromatic N) is 1. The monoisotopic (exact) mass is 363 g/mol. The van der Waals surface area contributed by atoms with Gasteiger partial charge < -0.3 is 4.89 Å². The van der Waals surface area contributed by atoms with Crippen molar-refractivity contribution >= 4 is 8.09 Å². The summed E-state index contributed by atoms with van der Waals surface area (Å²) in [7, 11) is -3.37. The molecule has 0 saturated carbocycles. The summed E-state index contributed by atoms with van der Waals surface area (Å²) in [6, 6.07) is 12.9. The Morgan fingerprint density at radius 1 is 1.12 bits per heavy atom. The molecule has 0 atom stereocenters. The first-order chi connectivity index (χ1) is 12.0. The van der Waals surface area contributed by atoms with Crippen LogP contribution in [0.4, 0.5) is 0 Å². The normalized spacial score (nSPS) is 18.2. The van der Waals surface area contributed by atoms with Crippen LogP contribution in [0.2, 0.25) is 0 Å². The van der Waals surface area contributed by atoms with Gasteiger partial charge in [-0.1, -0.05) is 76.3 Å². The molecule has 1 aromatic carbocycles. The highest BCUT2D eigenvalue weighted by Crippen LogP contribution is 2.60. The zero-order valence-corrected chi connectivity index (χ0v) is 16.6. The third-order valence-electron chi connectivity index (χ3n) is 4.07. The topological polar surface area (TPSA) is 44.8 Å². The zero-order valence-electron chi connectivity index (χ0n) is 15.7. The van der Waals surface area contributed by atoms with Crippen LogP contribution in [0.15, 0.2) is 30.3 Å². The molecular weight excluding hydrogens is 333 g/mol. The second-order valence-corrected chi connectivity index (χ2v) is 9.26. The van der Waals surface area contributed by atoms with Gasteiger partial charge in [0.05, 0.1) is 6.54 Å². The molecule has 5 heteroatoms. The third kappa shape index (κ3) is 6.60. The van der Waals surface area contributed by atoms with Gasteiger partial charge in [-0.3, -0.25) is 0 Å². The maximum atomic E-state index is 13.2. The van der Waals surface area contributed by atoms with Crippen LogP contribution in [0, 0.1) is 17.4 Å². The Morgan fingerprint density at radius 2 is 1.80 bits per heavy atom. The van der Waals surface area contributed by atoms with E-state index in [4.69, 9.17) is 9.05 Å². The number of hydrogen-bond donors (Lipinski definition) is 0. The molecule has 1 aliphatic heterocycles. The standard InChI is InChI=1S/C20H30NO3P/c1-4-5-6-7-8-12-15-21(16-19-13-10-9-11-14-19)25(22)23-17-20(2,3)18-24-25/h9-11,13-14H,4-8,16-18H2,1-3H3. The summed E-state index contributed by atoms with van der Waals surface area (Å²) in [5.41, 5.74) is 0.912. The van der Waals surface area contributed by atoms with Gasteiger partial charge in [0.1, 0.15) is 13.2 Å². The fraction of sp³-hybridized carbons (Fsp3) is 0.600. The van der Waals surface area contributed by atoms with E-state index < -0.39 is 8.09 Å². The molecule has 0 radical (unpaired) electrons. The molecule has 0 N–H and O–H groups in total. The van der Waals surface area contributed by atoms with Crippen molar-refractivity contribution in [1.29, 1.82) is 0 Å². The van der Waals surface area contributed by atoms with Crippen molar-refractivity contribution in [2.24, 2.45) is 5.41 Å². The first kappa shape index (κ1) is 20.2. The van der Waals surface area contributed by atoms with Gasteiger partial charge in [0.15, 0.2) is 0 Å². The Morgan fingerprint density at radius 3 is 2.44 bits per heavy atom. The molecule has 1 fully saturated rings. The molecule has 1 aliphatic rings. The summed E-state index contributed by atoms with van der Waals surface area (Å²) in [4.78, 5) is 13.2. The van der Waals surface area contributed by atoms with Gasteiger partial charge in [-0.15, -0.1) is 0 Å². The molecule has 0 aromatic heterocycles. The fourth-order valence-corrected chi connectivity index (χ4v) is 4.37. The average molecular weight is 363 g/mol. The van der Waals surface area contributed by atoms with E-state index in [1.165, 1.54) is 19.3 Å². The number of unbranched alkanes of at least 4 members (excludes halogenated alkanes) is 4. The minimum atomic E-state index is -3.37. The highest BCUT2D eigenvalue weighted by atomic mass is 31.2. The van der Waals surface area contributed by atoms with Gasteiger partial charge in [0.25, 0.3) is 0 Å². The van der Waals surface area contributed by atoms with Crippen molar-refractivity contribution in [3.8, 4) is 12.0 Å². The Labute approximate surface area is 153 Å². The first-order valence-corrected chi connectivity index (χ1v) is 10.6. The second-order valence-electron chi connectivity index (χ2n) is 7.32. The predicted molar refractivity (Wildman–Crippen MR) is 101 cm³/mol. The average Bonchev–Trinajstić information content (AvgIpc) is 2.61. The van der Waals surface area contributed by atoms with E-state index in [-0.39, 0.29) is 5.41 Å². The lowest BCUT2D eigenvalue weighted by Crippen LogP contribution is -2.40. The lowest BCUT2D eigenvalue weighted by atomic mass is 9.97. The minimum absolute atomic E-state index is 0.125. The number of benzene rings is 1. The van der Waals surface area contributed by atoms with Crippen molar-refractivity contribution in [3.05, 3.63) is 35.9 Å². The quantitative estimate of drug-likeness (QED) is 0.309. The molecule has 2 rings (SSSR count). The predicted octanol–water partition coefficient (Wildman–Crippen LogP) is 4.53. The van der Waals surface area contributed by atoms with E-state index >= 15 is 0 Å². The Hall–Kier alpha value is -1.11. The molecule has 0 bridgehead atoms. The van der Waals surface area contributed by atoms with E-state index in [9.17, 15) is 4.89 Å². The smallest absolute Gasteiger partial charge is 0.345 e. The van der Waals surface area contributed by atoms with E-state index in [0.717, 1.165) is 18.4 Å². The molecule has 0 amide bonds. The van der Waals surface area contributed by atoms with Gasteiger partial charge in [-0.25, -0.2) is 0 Å². The second kappa shape index (κ2) is 9.55. The van der Waals surface area contributed by atoms with Crippen LogP contribution in [-0.4, -0.2) is 17.9 Å². The molecule has 138 valence electrons. The molecule has 25 heavy (non-hydrogen) atoms. The van der Waals surface area contributed by atoms with Crippen molar-refractivity contribution in [2.75, 3.05) is 13.2 Å². The Bertz CT molecular complexity index is 570. The molecular formula is C20H30NO3P. The lowest BCUT2D eigenvalue weighted by molar-refractivity contribution is -0.246. The molecule has 1 heterocycles.